The number of hydrogen-bond donors (Lipinski definition) is 0. The smallest absolute Gasteiger partial charge is 0.336 e. The average Bonchev–Trinajstić information content (AvgIpc) is 2.69. The van der Waals surface area contributed by atoms with Crippen LogP contribution in [-0.4, -0.2) is 30.5 Å². The Labute approximate surface area is 137 Å². The van der Waals surface area contributed by atoms with Crippen molar-refractivity contribution in [3.63, 3.8) is 0 Å². The van der Waals surface area contributed by atoms with E-state index in [-0.39, 0.29) is 18.1 Å². The number of hydrogen-bond acceptors (Lipinski definition) is 3. The highest BCUT2D eigenvalue weighted by atomic mass is 16.5. The molecule has 1 aliphatic heterocycles. The van der Waals surface area contributed by atoms with E-state index in [1.54, 1.807) is 0 Å². The third kappa shape index (κ3) is 3.51. The van der Waals surface area contributed by atoms with Crippen molar-refractivity contribution >= 4 is 12.0 Å². The van der Waals surface area contributed by atoms with Gasteiger partial charge in [0.2, 0.25) is 0 Å². The van der Waals surface area contributed by atoms with Gasteiger partial charge >= 0.3 is 5.97 Å². The molecule has 0 bridgehead atoms. The quantitative estimate of drug-likeness (QED) is 0.626. The predicted molar refractivity (Wildman–Crippen MR) is 91.8 cm³/mol. The number of likely N-dealkylation sites (N-methyl/N-ethyl adjacent to an activating group) is 1. The first-order chi connectivity index (χ1) is 11.1. The summed E-state index contributed by atoms with van der Waals surface area (Å²) in [6.07, 6.45) is 1.66. The van der Waals surface area contributed by atoms with E-state index < -0.39 is 0 Å². The maximum absolute atomic E-state index is 12.6. The van der Waals surface area contributed by atoms with E-state index in [2.05, 4.69) is 11.8 Å². The molecule has 3 heteroatoms. The number of ether oxygens (including phenoxy) is 1. The number of nitrogens with zero attached hydrogens (tertiary/aromatic N) is 1. The maximum Gasteiger partial charge on any atom is 0.336 e. The Kier molecular flexibility index (Phi) is 4.58. The second-order valence-corrected chi connectivity index (χ2v) is 5.97. The average molecular weight is 307 g/mol. The highest BCUT2D eigenvalue weighted by Crippen LogP contribution is 2.29. The first-order valence-corrected chi connectivity index (χ1v) is 7.87. The van der Waals surface area contributed by atoms with Gasteiger partial charge in [0, 0.05) is 12.6 Å². The van der Waals surface area contributed by atoms with Gasteiger partial charge in [0.1, 0.15) is 6.10 Å². The zero-order chi connectivity index (χ0) is 16.2. The molecule has 2 atom stereocenters. The number of rotatable bonds is 2. The molecule has 0 spiro atoms. The molecule has 1 fully saturated rings. The predicted octanol–water partition coefficient (Wildman–Crippen LogP) is 3.69. The molecular weight excluding hydrogens is 286 g/mol. The van der Waals surface area contributed by atoms with Crippen LogP contribution in [0.4, 0.5) is 0 Å². The Morgan fingerprint density at radius 1 is 1.04 bits per heavy atom. The molecule has 0 N–H and O–H groups in total. The first kappa shape index (κ1) is 15.5. The van der Waals surface area contributed by atoms with Crippen LogP contribution in [0.3, 0.4) is 0 Å². The molecule has 2 aromatic carbocycles. The molecule has 0 unspecified atom stereocenters. The largest absolute Gasteiger partial charge is 0.452 e. The van der Waals surface area contributed by atoms with E-state index in [4.69, 9.17) is 4.74 Å². The van der Waals surface area contributed by atoms with Gasteiger partial charge in [-0.2, -0.15) is 0 Å². The van der Waals surface area contributed by atoms with Gasteiger partial charge in [-0.1, -0.05) is 60.7 Å². The SMILES string of the molecule is C[C@H]1[C@@H](c2ccccc2)OC(=O)/C(=C/c2ccccc2)CN1C. The van der Waals surface area contributed by atoms with Gasteiger partial charge in [-0.15, -0.1) is 0 Å². The second kappa shape index (κ2) is 6.80. The zero-order valence-electron chi connectivity index (χ0n) is 13.5. The van der Waals surface area contributed by atoms with Crippen LogP contribution in [0.5, 0.6) is 0 Å². The molecule has 3 nitrogen and oxygen atoms in total. The van der Waals surface area contributed by atoms with Gasteiger partial charge in [-0.05, 0) is 31.2 Å². The Morgan fingerprint density at radius 2 is 1.65 bits per heavy atom. The van der Waals surface area contributed by atoms with Crippen LogP contribution in [-0.2, 0) is 9.53 Å². The fourth-order valence-corrected chi connectivity index (χ4v) is 2.84. The summed E-state index contributed by atoms with van der Waals surface area (Å²) >= 11 is 0. The molecule has 0 aromatic heterocycles. The summed E-state index contributed by atoms with van der Waals surface area (Å²) in [6, 6.07) is 19.9. The van der Waals surface area contributed by atoms with Crippen LogP contribution < -0.4 is 0 Å². The summed E-state index contributed by atoms with van der Waals surface area (Å²) in [5.74, 6) is -0.237. The lowest BCUT2D eigenvalue weighted by Crippen LogP contribution is -2.33. The molecule has 0 radical (unpaired) electrons. The van der Waals surface area contributed by atoms with Crippen LogP contribution >= 0.6 is 0 Å². The van der Waals surface area contributed by atoms with Crippen molar-refractivity contribution in [2.75, 3.05) is 13.6 Å². The molecule has 0 saturated carbocycles. The minimum Gasteiger partial charge on any atom is -0.452 e. The van der Waals surface area contributed by atoms with E-state index in [9.17, 15) is 4.79 Å². The van der Waals surface area contributed by atoms with Crippen LogP contribution in [0.15, 0.2) is 66.2 Å². The second-order valence-electron chi connectivity index (χ2n) is 5.97. The molecule has 1 heterocycles. The Morgan fingerprint density at radius 3 is 2.30 bits per heavy atom. The highest BCUT2D eigenvalue weighted by Gasteiger charge is 2.32. The summed E-state index contributed by atoms with van der Waals surface area (Å²) in [6.45, 7) is 2.68. The monoisotopic (exact) mass is 307 g/mol. The van der Waals surface area contributed by atoms with E-state index >= 15 is 0 Å². The number of esters is 1. The van der Waals surface area contributed by atoms with Crippen molar-refractivity contribution in [3.8, 4) is 0 Å². The van der Waals surface area contributed by atoms with Crippen molar-refractivity contribution in [1.29, 1.82) is 0 Å². The van der Waals surface area contributed by atoms with Crippen molar-refractivity contribution in [3.05, 3.63) is 77.4 Å². The lowest BCUT2D eigenvalue weighted by Gasteiger charge is -2.27. The molecule has 1 aliphatic rings. The van der Waals surface area contributed by atoms with Gasteiger partial charge in [-0.3, -0.25) is 4.90 Å². The summed E-state index contributed by atoms with van der Waals surface area (Å²) in [5, 5.41) is 0. The molecule has 0 aliphatic carbocycles. The molecule has 23 heavy (non-hydrogen) atoms. The van der Waals surface area contributed by atoms with Crippen molar-refractivity contribution in [1.82, 2.24) is 4.90 Å². The maximum atomic E-state index is 12.6. The summed E-state index contributed by atoms with van der Waals surface area (Å²) in [7, 11) is 2.03. The third-order valence-corrected chi connectivity index (χ3v) is 4.32. The van der Waals surface area contributed by atoms with Crippen LogP contribution in [0, 0.1) is 0 Å². The fourth-order valence-electron chi connectivity index (χ4n) is 2.84. The standard InChI is InChI=1S/C20H21NO2/c1-15-19(17-11-7-4-8-12-17)23-20(22)18(14-21(15)2)13-16-9-5-3-6-10-16/h3-13,15,19H,14H2,1-2H3/b18-13+/t15-,19-/m0/s1. The van der Waals surface area contributed by atoms with Gasteiger partial charge in [0.15, 0.2) is 0 Å². The zero-order valence-corrected chi connectivity index (χ0v) is 13.5. The summed E-state index contributed by atoms with van der Waals surface area (Å²) in [4.78, 5) is 14.7. The third-order valence-electron chi connectivity index (χ3n) is 4.32. The first-order valence-electron chi connectivity index (χ1n) is 7.87. The number of benzene rings is 2. The Hall–Kier alpha value is -2.39. The minimum absolute atomic E-state index is 0.114. The van der Waals surface area contributed by atoms with Crippen molar-refractivity contribution in [2.45, 2.75) is 19.1 Å². The molecular formula is C20H21NO2. The lowest BCUT2D eigenvalue weighted by atomic mass is 10.0. The minimum atomic E-state index is -0.254. The molecule has 0 amide bonds. The molecule has 1 saturated heterocycles. The normalized spacial score (nSPS) is 24.3. The molecule has 118 valence electrons. The van der Waals surface area contributed by atoms with E-state index in [0.717, 1.165) is 11.1 Å². The van der Waals surface area contributed by atoms with Crippen molar-refractivity contribution < 1.29 is 9.53 Å². The molecule has 3 rings (SSSR count). The van der Waals surface area contributed by atoms with Gasteiger partial charge < -0.3 is 4.74 Å². The Balaban J connectivity index is 1.91. The lowest BCUT2D eigenvalue weighted by molar-refractivity contribution is -0.145. The van der Waals surface area contributed by atoms with Gasteiger partial charge in [0.25, 0.3) is 0 Å². The molecule has 2 aromatic rings. The Bertz CT molecular complexity index is 694. The van der Waals surface area contributed by atoms with E-state index in [1.807, 2.05) is 73.8 Å². The van der Waals surface area contributed by atoms with Gasteiger partial charge in [-0.25, -0.2) is 4.79 Å². The van der Waals surface area contributed by atoms with Crippen LogP contribution in [0.2, 0.25) is 0 Å². The van der Waals surface area contributed by atoms with E-state index in [1.165, 1.54) is 0 Å². The fraction of sp³-hybridized carbons (Fsp3) is 0.250. The van der Waals surface area contributed by atoms with Crippen molar-refractivity contribution in [2.24, 2.45) is 0 Å². The highest BCUT2D eigenvalue weighted by molar-refractivity contribution is 5.94. The van der Waals surface area contributed by atoms with Crippen LogP contribution in [0.25, 0.3) is 6.08 Å². The number of carbonyl (C=O) groups excluding carboxylic acids is 1. The van der Waals surface area contributed by atoms with Gasteiger partial charge in [0.05, 0.1) is 5.57 Å². The summed E-state index contributed by atoms with van der Waals surface area (Å²) < 4.78 is 5.82. The number of carbonyl (C=O) groups is 1. The van der Waals surface area contributed by atoms with Crippen LogP contribution in [0.1, 0.15) is 24.2 Å². The number of cyclic esters (lactones) is 1. The summed E-state index contributed by atoms with van der Waals surface area (Å²) in [5.41, 5.74) is 2.73. The van der Waals surface area contributed by atoms with E-state index in [0.29, 0.717) is 12.1 Å². The topological polar surface area (TPSA) is 29.5 Å².